The maximum Gasteiger partial charge on any atom is 0.334 e. The second-order valence-electron chi connectivity index (χ2n) is 6.44. The molecule has 0 aliphatic heterocycles. The Hall–Kier alpha value is -2.44. The van der Waals surface area contributed by atoms with E-state index >= 15 is 0 Å². The fraction of sp³-hybridized carbons (Fsp3) is 0.250. The lowest BCUT2D eigenvalue weighted by Gasteiger charge is -2.09. The number of esters is 2. The molecule has 0 saturated carbocycles. The van der Waals surface area contributed by atoms with Crippen molar-refractivity contribution in [1.82, 2.24) is 0 Å². The molecule has 0 saturated heterocycles. The highest BCUT2D eigenvalue weighted by Gasteiger charge is 2.11. The van der Waals surface area contributed by atoms with Gasteiger partial charge in [-0.25, -0.2) is 9.59 Å². The number of ether oxygens (including phenoxy) is 2. The van der Waals surface area contributed by atoms with E-state index < -0.39 is 11.9 Å². The van der Waals surface area contributed by atoms with Crippen molar-refractivity contribution in [1.29, 1.82) is 0 Å². The fourth-order valence-electron chi connectivity index (χ4n) is 2.32. The topological polar surface area (TPSA) is 52.6 Å². The van der Waals surface area contributed by atoms with E-state index in [9.17, 15) is 9.59 Å². The summed E-state index contributed by atoms with van der Waals surface area (Å²) in [6, 6.07) is 20.0. The van der Waals surface area contributed by atoms with E-state index in [0.717, 1.165) is 11.5 Å². The Morgan fingerprint density at radius 3 is 1.40 bits per heavy atom. The van der Waals surface area contributed by atoms with E-state index in [2.05, 4.69) is 13.2 Å². The fourth-order valence-corrected chi connectivity index (χ4v) is 4.11. The Labute approximate surface area is 186 Å². The summed E-state index contributed by atoms with van der Waals surface area (Å²) < 4.78 is 10.2. The molecule has 0 fully saturated rings. The van der Waals surface area contributed by atoms with Gasteiger partial charge in [-0.3, -0.25) is 0 Å². The van der Waals surface area contributed by atoms with Crippen molar-refractivity contribution in [3.8, 4) is 0 Å². The smallest absolute Gasteiger partial charge is 0.334 e. The van der Waals surface area contributed by atoms with Crippen LogP contribution in [0.2, 0.25) is 0 Å². The van der Waals surface area contributed by atoms with E-state index in [4.69, 9.17) is 9.47 Å². The van der Waals surface area contributed by atoms with Crippen LogP contribution in [0.5, 0.6) is 0 Å². The van der Waals surface area contributed by atoms with Crippen molar-refractivity contribution in [2.75, 3.05) is 24.7 Å². The Balaban J connectivity index is 1.53. The Kier molecular flexibility index (Phi) is 10.9. The van der Waals surface area contributed by atoms with Crippen LogP contribution in [0.15, 0.2) is 85.0 Å². The third-order valence-electron chi connectivity index (χ3n) is 3.90. The van der Waals surface area contributed by atoms with Crippen molar-refractivity contribution in [3.05, 3.63) is 96.1 Å². The third kappa shape index (κ3) is 9.37. The normalized spacial score (nSPS) is 10.3. The van der Waals surface area contributed by atoms with E-state index in [1.807, 2.05) is 60.7 Å². The minimum atomic E-state index is -0.469. The average Bonchev–Trinajstić information content (AvgIpc) is 2.77. The van der Waals surface area contributed by atoms with Crippen LogP contribution in [0.3, 0.4) is 0 Å². The van der Waals surface area contributed by atoms with E-state index in [0.29, 0.717) is 22.7 Å². The molecule has 2 aromatic rings. The van der Waals surface area contributed by atoms with Crippen molar-refractivity contribution in [2.24, 2.45) is 0 Å². The predicted octanol–water partition coefficient (Wildman–Crippen LogP) is 5.05. The molecule has 0 amide bonds. The van der Waals surface area contributed by atoms with Crippen LogP contribution in [-0.4, -0.2) is 36.7 Å². The second kappa shape index (κ2) is 13.7. The first-order chi connectivity index (χ1) is 14.6. The number of carbonyl (C=O) groups is 2. The van der Waals surface area contributed by atoms with Crippen LogP contribution in [0.25, 0.3) is 0 Å². The van der Waals surface area contributed by atoms with Gasteiger partial charge >= 0.3 is 11.9 Å². The third-order valence-corrected chi connectivity index (χ3v) is 6.08. The summed E-state index contributed by atoms with van der Waals surface area (Å²) in [5, 5.41) is 0. The summed E-state index contributed by atoms with van der Waals surface area (Å²) in [5.41, 5.74) is 3.17. The van der Waals surface area contributed by atoms with E-state index in [-0.39, 0.29) is 13.2 Å². The first kappa shape index (κ1) is 23.8. The minimum Gasteiger partial charge on any atom is -0.459 e. The van der Waals surface area contributed by atoms with E-state index in [1.54, 1.807) is 23.5 Å². The quantitative estimate of drug-likeness (QED) is 0.246. The highest BCUT2D eigenvalue weighted by atomic mass is 32.2. The molecule has 4 nitrogen and oxygen atoms in total. The molecule has 0 aromatic heterocycles. The van der Waals surface area contributed by atoms with Gasteiger partial charge in [-0.1, -0.05) is 73.8 Å². The van der Waals surface area contributed by atoms with Gasteiger partial charge in [0.2, 0.25) is 0 Å². The molecule has 0 aliphatic carbocycles. The van der Waals surface area contributed by atoms with Crippen molar-refractivity contribution >= 4 is 35.5 Å². The second-order valence-corrected chi connectivity index (χ2v) is 8.41. The zero-order valence-corrected chi connectivity index (χ0v) is 18.5. The zero-order valence-electron chi connectivity index (χ0n) is 16.9. The molecule has 0 spiro atoms. The summed E-state index contributed by atoms with van der Waals surface area (Å²) in [5.74, 6) is 1.64. The lowest BCUT2D eigenvalue weighted by atomic mass is 10.2. The summed E-state index contributed by atoms with van der Waals surface area (Å²) in [6.45, 7) is 7.53. The van der Waals surface area contributed by atoms with Crippen LogP contribution >= 0.6 is 23.5 Å². The van der Waals surface area contributed by atoms with Crippen molar-refractivity contribution in [3.63, 3.8) is 0 Å². The van der Waals surface area contributed by atoms with E-state index in [1.165, 1.54) is 11.1 Å². The molecule has 0 unspecified atom stereocenters. The molecule has 0 bridgehead atoms. The molecule has 0 radical (unpaired) electrons. The van der Waals surface area contributed by atoms with Gasteiger partial charge in [-0.2, -0.15) is 23.5 Å². The maximum atomic E-state index is 11.9. The number of hydrogen-bond donors (Lipinski definition) is 0. The lowest BCUT2D eigenvalue weighted by molar-refractivity contribution is -0.147. The van der Waals surface area contributed by atoms with Gasteiger partial charge in [0.15, 0.2) is 0 Å². The van der Waals surface area contributed by atoms with Gasteiger partial charge in [0, 0.05) is 34.2 Å². The van der Waals surface area contributed by atoms with Gasteiger partial charge in [0.25, 0.3) is 0 Å². The largest absolute Gasteiger partial charge is 0.459 e. The monoisotopic (exact) mass is 442 g/mol. The van der Waals surface area contributed by atoms with Crippen LogP contribution in [0.4, 0.5) is 0 Å². The van der Waals surface area contributed by atoms with Gasteiger partial charge in [0.1, 0.15) is 13.2 Å². The number of benzene rings is 2. The van der Waals surface area contributed by atoms with Gasteiger partial charge in [-0.05, 0) is 11.1 Å². The van der Waals surface area contributed by atoms with Crippen LogP contribution in [0.1, 0.15) is 11.1 Å². The predicted molar refractivity (Wildman–Crippen MR) is 125 cm³/mol. The number of thioether (sulfide) groups is 2. The summed E-state index contributed by atoms with van der Waals surface area (Å²) in [4.78, 5) is 23.9. The Morgan fingerprint density at radius 2 is 1.03 bits per heavy atom. The molecule has 2 aromatic carbocycles. The summed E-state index contributed by atoms with van der Waals surface area (Å²) in [6.07, 6.45) is 0. The van der Waals surface area contributed by atoms with Gasteiger partial charge in [0.05, 0.1) is 0 Å². The molecule has 158 valence electrons. The van der Waals surface area contributed by atoms with Crippen LogP contribution in [-0.2, 0) is 30.6 Å². The van der Waals surface area contributed by atoms with Crippen molar-refractivity contribution < 1.29 is 19.1 Å². The molecular formula is C24H26O4S2. The zero-order chi connectivity index (χ0) is 21.6. The van der Waals surface area contributed by atoms with Crippen LogP contribution in [0, 0.1) is 0 Å². The molecule has 30 heavy (non-hydrogen) atoms. The maximum absolute atomic E-state index is 11.9. The molecule has 0 aliphatic rings. The molecule has 2 rings (SSSR count). The number of hydrogen-bond acceptors (Lipinski definition) is 6. The minimum absolute atomic E-state index is 0.00260. The average molecular weight is 443 g/mol. The number of rotatable bonds is 13. The first-order valence-corrected chi connectivity index (χ1v) is 11.8. The first-order valence-electron chi connectivity index (χ1n) is 9.49. The van der Waals surface area contributed by atoms with Gasteiger partial charge in [-0.15, -0.1) is 0 Å². The molecule has 0 N–H and O–H groups in total. The Bertz CT molecular complexity index is 763. The summed E-state index contributed by atoms with van der Waals surface area (Å²) >= 11 is 3.19. The lowest BCUT2D eigenvalue weighted by Crippen LogP contribution is -2.17. The van der Waals surface area contributed by atoms with Gasteiger partial charge < -0.3 is 9.47 Å². The standard InChI is InChI=1S/C24H26O4S2/c1-19(15-29-17-21-9-5-3-6-10-21)23(25)27-13-14-28-24(26)20(2)16-30-18-22-11-7-4-8-12-22/h3-12H,1-2,13-18H2. The molecular weight excluding hydrogens is 416 g/mol. The molecule has 6 heteroatoms. The SMILES string of the molecule is C=C(CSCc1ccccc1)C(=O)OCCOC(=O)C(=C)CSCc1ccccc1. The molecule has 0 atom stereocenters. The highest BCUT2D eigenvalue weighted by Crippen LogP contribution is 2.16. The van der Waals surface area contributed by atoms with Crippen LogP contribution < -0.4 is 0 Å². The Morgan fingerprint density at radius 1 is 0.667 bits per heavy atom. The number of carbonyl (C=O) groups excluding carboxylic acids is 2. The highest BCUT2D eigenvalue weighted by molar-refractivity contribution is 7.98. The molecule has 0 heterocycles. The van der Waals surface area contributed by atoms with Crippen molar-refractivity contribution in [2.45, 2.75) is 11.5 Å². The summed E-state index contributed by atoms with van der Waals surface area (Å²) in [7, 11) is 0.